The Bertz CT molecular complexity index is 695. The zero-order valence-corrected chi connectivity index (χ0v) is 14.6. The number of anilines is 1. The normalized spacial score (nSPS) is 16.0. The van der Waals surface area contributed by atoms with Gasteiger partial charge in [-0.15, -0.1) is 0 Å². The van der Waals surface area contributed by atoms with Gasteiger partial charge in [0.15, 0.2) is 0 Å². The zero-order chi connectivity index (χ0) is 17.7. The molecule has 0 bridgehead atoms. The molecular formula is C15H22N4O4S. The highest BCUT2D eigenvalue weighted by Gasteiger charge is 2.21. The number of sulfonamides is 1. The fourth-order valence-corrected chi connectivity index (χ4v) is 3.30. The zero-order valence-electron chi connectivity index (χ0n) is 13.8. The monoisotopic (exact) mass is 354 g/mol. The molecule has 2 rings (SSSR count). The van der Waals surface area contributed by atoms with Gasteiger partial charge in [-0.05, 0) is 31.3 Å². The second kappa shape index (κ2) is 7.73. The van der Waals surface area contributed by atoms with Crippen molar-refractivity contribution in [2.45, 2.75) is 11.8 Å². The first-order valence-electron chi connectivity index (χ1n) is 7.61. The quantitative estimate of drug-likeness (QED) is 0.756. The van der Waals surface area contributed by atoms with Gasteiger partial charge in [-0.1, -0.05) is 0 Å². The summed E-state index contributed by atoms with van der Waals surface area (Å²) < 4.78 is 26.8. The Morgan fingerprint density at radius 3 is 2.21 bits per heavy atom. The summed E-state index contributed by atoms with van der Waals surface area (Å²) >= 11 is 0. The van der Waals surface area contributed by atoms with Gasteiger partial charge < -0.3 is 15.1 Å². The van der Waals surface area contributed by atoms with Crippen LogP contribution in [0.5, 0.6) is 0 Å². The van der Waals surface area contributed by atoms with Crippen molar-refractivity contribution in [3.8, 4) is 0 Å². The number of carbonyl (C=O) groups is 2. The predicted octanol–water partition coefficient (Wildman–Crippen LogP) is -0.303. The lowest BCUT2D eigenvalue weighted by Gasteiger charge is -2.32. The van der Waals surface area contributed by atoms with Crippen LogP contribution in [0.3, 0.4) is 0 Å². The maximum absolute atomic E-state index is 12.2. The summed E-state index contributed by atoms with van der Waals surface area (Å²) in [5, 5.41) is 2.56. The first kappa shape index (κ1) is 18.4. The van der Waals surface area contributed by atoms with Crippen molar-refractivity contribution in [2.75, 3.05) is 45.1 Å². The largest absolute Gasteiger partial charge is 0.339 e. The summed E-state index contributed by atoms with van der Waals surface area (Å²) in [7, 11) is -1.79. The minimum Gasteiger partial charge on any atom is -0.339 e. The number of amides is 2. The Hall–Kier alpha value is -1.97. The number of nitrogens with one attached hydrogen (secondary N) is 2. The van der Waals surface area contributed by atoms with E-state index in [9.17, 15) is 18.0 Å². The molecule has 0 unspecified atom stereocenters. The molecule has 24 heavy (non-hydrogen) atoms. The van der Waals surface area contributed by atoms with E-state index >= 15 is 0 Å². The van der Waals surface area contributed by atoms with Crippen LogP contribution >= 0.6 is 0 Å². The standard InChI is InChI=1S/C15H22N4O4S/c1-12(20)17-13-3-5-14(6-4-13)24(22,23)16-11-15(21)19-9-7-18(2)8-10-19/h3-6,16H,7-11H2,1-2H3,(H,17,20). The number of nitrogens with zero attached hydrogens (tertiary/aromatic N) is 2. The average Bonchev–Trinajstić information content (AvgIpc) is 2.53. The third kappa shape index (κ3) is 5.02. The minimum atomic E-state index is -3.77. The van der Waals surface area contributed by atoms with E-state index in [-0.39, 0.29) is 23.3 Å². The topological polar surface area (TPSA) is 98.8 Å². The Morgan fingerprint density at radius 2 is 1.67 bits per heavy atom. The second-order valence-corrected chi connectivity index (χ2v) is 7.48. The van der Waals surface area contributed by atoms with E-state index in [0.717, 1.165) is 13.1 Å². The molecule has 0 aliphatic carbocycles. The highest BCUT2D eigenvalue weighted by atomic mass is 32.2. The predicted molar refractivity (Wildman–Crippen MR) is 90.0 cm³/mol. The third-order valence-electron chi connectivity index (χ3n) is 3.75. The van der Waals surface area contributed by atoms with Gasteiger partial charge in [0, 0.05) is 38.8 Å². The molecule has 1 aromatic carbocycles. The van der Waals surface area contributed by atoms with Gasteiger partial charge in [0.05, 0.1) is 11.4 Å². The van der Waals surface area contributed by atoms with Gasteiger partial charge in [0.2, 0.25) is 21.8 Å². The molecular weight excluding hydrogens is 332 g/mol. The van der Waals surface area contributed by atoms with Crippen LogP contribution < -0.4 is 10.0 Å². The molecule has 1 fully saturated rings. The van der Waals surface area contributed by atoms with E-state index < -0.39 is 10.0 Å². The van der Waals surface area contributed by atoms with Crippen LogP contribution in [0.1, 0.15) is 6.92 Å². The third-order valence-corrected chi connectivity index (χ3v) is 5.17. The number of hydrogen-bond donors (Lipinski definition) is 2. The maximum atomic E-state index is 12.2. The molecule has 8 nitrogen and oxygen atoms in total. The van der Waals surface area contributed by atoms with Gasteiger partial charge in [-0.25, -0.2) is 13.1 Å². The van der Waals surface area contributed by atoms with Crippen LogP contribution in [-0.4, -0.2) is 69.8 Å². The van der Waals surface area contributed by atoms with Crippen LogP contribution in [0, 0.1) is 0 Å². The van der Waals surface area contributed by atoms with E-state index in [2.05, 4.69) is 14.9 Å². The van der Waals surface area contributed by atoms with E-state index in [4.69, 9.17) is 0 Å². The summed E-state index contributed by atoms with van der Waals surface area (Å²) in [6, 6.07) is 5.76. The Kier molecular flexibility index (Phi) is 5.92. The van der Waals surface area contributed by atoms with E-state index in [1.807, 2.05) is 7.05 Å². The Balaban J connectivity index is 1.93. The average molecular weight is 354 g/mol. The second-order valence-electron chi connectivity index (χ2n) is 5.71. The van der Waals surface area contributed by atoms with Crippen molar-refractivity contribution in [2.24, 2.45) is 0 Å². The number of rotatable bonds is 5. The molecule has 1 aliphatic rings. The lowest BCUT2D eigenvalue weighted by atomic mass is 10.3. The van der Waals surface area contributed by atoms with Crippen molar-refractivity contribution >= 4 is 27.5 Å². The van der Waals surface area contributed by atoms with Gasteiger partial charge in [0.1, 0.15) is 0 Å². The molecule has 0 saturated carbocycles. The van der Waals surface area contributed by atoms with Crippen molar-refractivity contribution in [3.63, 3.8) is 0 Å². The molecule has 0 aromatic heterocycles. The first-order valence-corrected chi connectivity index (χ1v) is 9.10. The number of carbonyl (C=O) groups excluding carboxylic acids is 2. The molecule has 0 radical (unpaired) electrons. The van der Waals surface area contributed by atoms with Gasteiger partial charge in [-0.3, -0.25) is 9.59 Å². The van der Waals surface area contributed by atoms with Gasteiger partial charge in [-0.2, -0.15) is 0 Å². The fourth-order valence-electron chi connectivity index (χ4n) is 2.33. The summed E-state index contributed by atoms with van der Waals surface area (Å²) in [5.41, 5.74) is 0.509. The van der Waals surface area contributed by atoms with Crippen molar-refractivity contribution in [1.82, 2.24) is 14.5 Å². The van der Waals surface area contributed by atoms with Crippen LogP contribution in [-0.2, 0) is 19.6 Å². The molecule has 1 saturated heterocycles. The molecule has 132 valence electrons. The SMILES string of the molecule is CC(=O)Nc1ccc(S(=O)(=O)NCC(=O)N2CCN(C)CC2)cc1. The summed E-state index contributed by atoms with van der Waals surface area (Å²) in [6.45, 7) is 3.87. The van der Waals surface area contributed by atoms with E-state index in [1.54, 1.807) is 4.90 Å². The molecule has 1 heterocycles. The molecule has 1 aromatic rings. The first-order chi connectivity index (χ1) is 11.3. The number of piperazine rings is 1. The number of hydrogen-bond acceptors (Lipinski definition) is 5. The Labute approximate surface area is 141 Å². The molecule has 0 atom stereocenters. The highest BCUT2D eigenvalue weighted by Crippen LogP contribution is 2.14. The van der Waals surface area contributed by atoms with E-state index in [1.165, 1.54) is 31.2 Å². The number of likely N-dealkylation sites (N-methyl/N-ethyl adjacent to an activating group) is 1. The Morgan fingerprint density at radius 1 is 1.08 bits per heavy atom. The molecule has 2 amide bonds. The summed E-state index contributed by atoms with van der Waals surface area (Å²) in [6.07, 6.45) is 0. The fraction of sp³-hybridized carbons (Fsp3) is 0.467. The summed E-state index contributed by atoms with van der Waals surface area (Å²) in [5.74, 6) is -0.469. The van der Waals surface area contributed by atoms with Gasteiger partial charge >= 0.3 is 0 Å². The highest BCUT2D eigenvalue weighted by molar-refractivity contribution is 7.89. The summed E-state index contributed by atoms with van der Waals surface area (Å²) in [4.78, 5) is 26.9. The smallest absolute Gasteiger partial charge is 0.241 e. The van der Waals surface area contributed by atoms with Crippen LogP contribution in [0.4, 0.5) is 5.69 Å². The van der Waals surface area contributed by atoms with Crippen molar-refractivity contribution in [3.05, 3.63) is 24.3 Å². The van der Waals surface area contributed by atoms with Crippen LogP contribution in [0.2, 0.25) is 0 Å². The van der Waals surface area contributed by atoms with Crippen molar-refractivity contribution < 1.29 is 18.0 Å². The van der Waals surface area contributed by atoms with Gasteiger partial charge in [0.25, 0.3) is 0 Å². The van der Waals surface area contributed by atoms with Crippen LogP contribution in [0.25, 0.3) is 0 Å². The van der Waals surface area contributed by atoms with Crippen LogP contribution in [0.15, 0.2) is 29.2 Å². The molecule has 9 heteroatoms. The number of benzene rings is 1. The molecule has 0 spiro atoms. The lowest BCUT2D eigenvalue weighted by Crippen LogP contribution is -2.50. The molecule has 1 aliphatic heterocycles. The van der Waals surface area contributed by atoms with E-state index in [0.29, 0.717) is 18.8 Å². The minimum absolute atomic E-state index is 0.0442. The molecule has 2 N–H and O–H groups in total. The maximum Gasteiger partial charge on any atom is 0.241 e. The van der Waals surface area contributed by atoms with Crippen molar-refractivity contribution in [1.29, 1.82) is 0 Å². The lowest BCUT2D eigenvalue weighted by molar-refractivity contribution is -0.131.